The lowest BCUT2D eigenvalue weighted by molar-refractivity contribution is -0.143. The van der Waals surface area contributed by atoms with Crippen molar-refractivity contribution in [2.45, 2.75) is 398 Å². The number of unbranched alkanes of at least 4 members (excludes halogenated alkanes) is 53. The Morgan fingerprint density at radius 3 is 0.919 bits per heavy atom. The fourth-order valence-electron chi connectivity index (χ4n) is 10.9. The van der Waals surface area contributed by atoms with Gasteiger partial charge in [-0.05, 0) is 32.1 Å². The number of hydrogen-bond donors (Lipinski definition) is 3. The Kier molecular flexibility index (Phi) is 62.9. The smallest absolute Gasteiger partial charge is 0.305 e. The molecule has 1 amide bonds. The first-order valence-corrected chi connectivity index (χ1v) is 34.0. The quantitative estimate of drug-likeness (QED) is 0.0320. The first kappa shape index (κ1) is 72.6. The average Bonchev–Trinajstić information content (AvgIpc) is 3.40. The second-order valence-corrected chi connectivity index (χ2v) is 23.5. The number of hydrogen-bond acceptors (Lipinski definition) is 5. The number of aliphatic hydroxyl groups is 2. The molecule has 2 unspecified atom stereocenters. The molecule has 440 valence electrons. The standard InChI is InChI=1S/C68H133NO5/c1-3-5-7-9-11-13-15-17-19-21-25-29-32-36-40-44-48-52-56-60-66(71)65(64-70)69-67(72)61-57-53-49-45-41-37-33-30-26-23-22-24-27-31-35-39-43-47-51-55-59-63-74-68(73)62-58-54-50-46-42-38-34-28-20-18-16-14-12-10-8-6-4-2/h56,60,65-66,70-71H,3-55,57-59,61-64H2,1-2H3,(H,69,72)/b60-56+. The van der Waals surface area contributed by atoms with E-state index in [0.29, 0.717) is 19.4 Å². The predicted octanol–water partition coefficient (Wildman–Crippen LogP) is 21.6. The maximum Gasteiger partial charge on any atom is 0.305 e. The molecule has 6 nitrogen and oxygen atoms in total. The van der Waals surface area contributed by atoms with E-state index >= 15 is 0 Å². The molecule has 0 aromatic rings. The number of nitrogens with one attached hydrogen (secondary N) is 1. The molecule has 0 saturated heterocycles. The molecule has 0 radical (unpaired) electrons. The molecule has 3 N–H and O–H groups in total. The van der Waals surface area contributed by atoms with Crippen molar-refractivity contribution < 1.29 is 24.5 Å². The molecule has 0 bridgehead atoms. The van der Waals surface area contributed by atoms with Crippen LogP contribution in [0.25, 0.3) is 0 Å². The molecular formula is C68H133NO5. The van der Waals surface area contributed by atoms with Gasteiger partial charge in [0.05, 0.1) is 25.4 Å². The van der Waals surface area contributed by atoms with E-state index in [9.17, 15) is 19.8 Å². The third-order valence-electron chi connectivity index (χ3n) is 16.1. The molecule has 0 aromatic carbocycles. The zero-order chi connectivity index (χ0) is 53.6. The fourth-order valence-corrected chi connectivity index (χ4v) is 10.9. The van der Waals surface area contributed by atoms with Gasteiger partial charge in [0.25, 0.3) is 0 Å². The van der Waals surface area contributed by atoms with Gasteiger partial charge in [0.15, 0.2) is 0 Å². The number of aliphatic hydroxyl groups excluding tert-OH is 2. The molecule has 0 aliphatic rings. The summed E-state index contributed by atoms with van der Waals surface area (Å²) in [6, 6.07) is -0.628. The number of carbonyl (C=O) groups excluding carboxylic acids is 2. The first-order chi connectivity index (χ1) is 36.5. The number of esters is 1. The predicted molar refractivity (Wildman–Crippen MR) is 324 cm³/mol. The van der Waals surface area contributed by atoms with E-state index in [1.54, 1.807) is 6.08 Å². The summed E-state index contributed by atoms with van der Waals surface area (Å²) in [5.74, 6) is -0.0485. The lowest BCUT2D eigenvalue weighted by atomic mass is 10.0. The van der Waals surface area contributed by atoms with Gasteiger partial charge in [0.1, 0.15) is 0 Å². The van der Waals surface area contributed by atoms with Gasteiger partial charge in [0.2, 0.25) is 5.91 Å². The maximum atomic E-state index is 12.5. The van der Waals surface area contributed by atoms with Crippen molar-refractivity contribution >= 4 is 11.9 Å². The highest BCUT2D eigenvalue weighted by Gasteiger charge is 2.18. The molecule has 0 rings (SSSR count). The van der Waals surface area contributed by atoms with Crippen molar-refractivity contribution in [1.29, 1.82) is 0 Å². The molecule has 6 heteroatoms. The Bertz CT molecular complexity index is 1110. The summed E-state index contributed by atoms with van der Waals surface area (Å²) < 4.78 is 5.50. The van der Waals surface area contributed by atoms with Crippen LogP contribution < -0.4 is 5.32 Å². The molecule has 2 atom stereocenters. The highest BCUT2D eigenvalue weighted by molar-refractivity contribution is 5.76. The molecular weight excluding hydrogens is 911 g/mol. The molecule has 74 heavy (non-hydrogen) atoms. The van der Waals surface area contributed by atoms with Crippen LogP contribution in [0.5, 0.6) is 0 Å². The van der Waals surface area contributed by atoms with Gasteiger partial charge in [-0.15, -0.1) is 0 Å². The summed E-state index contributed by atoms with van der Waals surface area (Å²) in [5, 5.41) is 23.2. The number of rotatable bonds is 64. The molecule has 0 aliphatic heterocycles. The van der Waals surface area contributed by atoms with E-state index in [1.165, 1.54) is 321 Å². The topological polar surface area (TPSA) is 95.9 Å². The lowest BCUT2D eigenvalue weighted by Crippen LogP contribution is -2.45. The minimum atomic E-state index is -0.845. The highest BCUT2D eigenvalue weighted by Crippen LogP contribution is 2.19. The fraction of sp³-hybridized carbons (Fsp3) is 0.941. The van der Waals surface area contributed by atoms with Gasteiger partial charge in [0, 0.05) is 12.8 Å². The Morgan fingerprint density at radius 2 is 0.622 bits per heavy atom. The van der Waals surface area contributed by atoms with Gasteiger partial charge in [-0.25, -0.2) is 0 Å². The van der Waals surface area contributed by atoms with E-state index in [1.807, 2.05) is 6.08 Å². The van der Waals surface area contributed by atoms with Crippen molar-refractivity contribution in [3.05, 3.63) is 12.2 Å². The molecule has 0 spiro atoms. The van der Waals surface area contributed by atoms with Crippen LogP contribution in [-0.2, 0) is 14.3 Å². The van der Waals surface area contributed by atoms with Crippen molar-refractivity contribution in [1.82, 2.24) is 5.32 Å². The monoisotopic (exact) mass is 1040 g/mol. The normalized spacial score (nSPS) is 12.5. The van der Waals surface area contributed by atoms with Crippen molar-refractivity contribution in [3.63, 3.8) is 0 Å². The number of ether oxygens (including phenoxy) is 1. The van der Waals surface area contributed by atoms with Crippen molar-refractivity contribution in [2.75, 3.05) is 13.2 Å². The summed E-state index contributed by atoms with van der Waals surface area (Å²) >= 11 is 0. The second-order valence-electron chi connectivity index (χ2n) is 23.5. The summed E-state index contributed by atoms with van der Waals surface area (Å²) in [5.41, 5.74) is 0. The van der Waals surface area contributed by atoms with Gasteiger partial charge in [-0.1, -0.05) is 353 Å². The Hall–Kier alpha value is -1.40. The Labute approximate surface area is 463 Å². The van der Waals surface area contributed by atoms with Crippen LogP contribution in [0.15, 0.2) is 12.2 Å². The second kappa shape index (κ2) is 64.1. The summed E-state index contributed by atoms with van der Waals surface area (Å²) in [7, 11) is 0. The third kappa shape index (κ3) is 59.8. The van der Waals surface area contributed by atoms with Crippen LogP contribution in [-0.4, -0.2) is 47.4 Å². The highest BCUT2D eigenvalue weighted by atomic mass is 16.5. The van der Waals surface area contributed by atoms with Gasteiger partial charge in [-0.3, -0.25) is 9.59 Å². The van der Waals surface area contributed by atoms with Crippen LogP contribution in [0.1, 0.15) is 386 Å². The van der Waals surface area contributed by atoms with Crippen molar-refractivity contribution in [2.24, 2.45) is 0 Å². The third-order valence-corrected chi connectivity index (χ3v) is 16.1. The first-order valence-electron chi connectivity index (χ1n) is 34.0. The largest absolute Gasteiger partial charge is 0.466 e. The summed E-state index contributed by atoms with van der Waals surface area (Å²) in [4.78, 5) is 24.6. The SMILES string of the molecule is CCCCCCCCCCCCCCCCCCC/C=C/C(O)C(CO)NC(=O)CCCCCCCCCCCCCCCCCCCCCCCOC(=O)CCCCCCCCCCCCCCCCCCC. The Balaban J connectivity index is 3.39. The van der Waals surface area contributed by atoms with E-state index in [4.69, 9.17) is 4.74 Å². The van der Waals surface area contributed by atoms with Crippen LogP contribution in [0.3, 0.4) is 0 Å². The molecule has 0 saturated carbocycles. The number of amides is 1. The molecule has 0 aliphatic carbocycles. The molecule has 0 aromatic heterocycles. The summed E-state index contributed by atoms with van der Waals surface area (Å²) in [6.45, 7) is 4.95. The van der Waals surface area contributed by atoms with Gasteiger partial charge >= 0.3 is 5.97 Å². The molecule has 0 heterocycles. The van der Waals surface area contributed by atoms with Crippen LogP contribution in [0, 0.1) is 0 Å². The maximum absolute atomic E-state index is 12.5. The Morgan fingerprint density at radius 1 is 0.365 bits per heavy atom. The van der Waals surface area contributed by atoms with Gasteiger partial charge < -0.3 is 20.3 Å². The van der Waals surface area contributed by atoms with E-state index < -0.39 is 12.1 Å². The van der Waals surface area contributed by atoms with Crippen LogP contribution in [0.2, 0.25) is 0 Å². The van der Waals surface area contributed by atoms with Gasteiger partial charge in [-0.2, -0.15) is 0 Å². The minimum Gasteiger partial charge on any atom is -0.466 e. The van der Waals surface area contributed by atoms with Crippen LogP contribution >= 0.6 is 0 Å². The van der Waals surface area contributed by atoms with E-state index in [0.717, 1.165) is 38.5 Å². The zero-order valence-corrected chi connectivity index (χ0v) is 50.4. The average molecular weight is 1040 g/mol. The lowest BCUT2D eigenvalue weighted by Gasteiger charge is -2.20. The van der Waals surface area contributed by atoms with E-state index in [2.05, 4.69) is 19.2 Å². The summed E-state index contributed by atoms with van der Waals surface area (Å²) in [6.07, 6.45) is 78.4. The van der Waals surface area contributed by atoms with Crippen LogP contribution in [0.4, 0.5) is 0 Å². The van der Waals surface area contributed by atoms with Crippen molar-refractivity contribution in [3.8, 4) is 0 Å². The van der Waals surface area contributed by atoms with E-state index in [-0.39, 0.29) is 18.5 Å². The minimum absolute atomic E-state index is 0.0164. The molecule has 0 fully saturated rings. The number of carbonyl (C=O) groups is 2. The zero-order valence-electron chi connectivity index (χ0n) is 50.4. The number of allylic oxidation sites excluding steroid dienone is 1.